The molecule has 0 aromatic heterocycles. The van der Waals surface area contributed by atoms with Crippen LogP contribution < -0.4 is 4.74 Å². The van der Waals surface area contributed by atoms with Crippen LogP contribution in [0.1, 0.15) is 5.56 Å². The molecule has 84 valence electrons. The van der Waals surface area contributed by atoms with E-state index in [-0.39, 0.29) is 18.5 Å². The molecule has 1 aliphatic rings. The predicted molar refractivity (Wildman–Crippen MR) is 60.3 cm³/mol. The van der Waals surface area contributed by atoms with Gasteiger partial charge in [0, 0.05) is 0 Å². The maximum Gasteiger partial charge on any atom is 0.313 e. The smallest absolute Gasteiger partial charge is 0.313 e. The molecule has 0 bridgehead atoms. The predicted octanol–water partition coefficient (Wildman–Crippen LogP) is 1.97. The summed E-state index contributed by atoms with van der Waals surface area (Å²) in [6.07, 6.45) is 2.25. The highest BCUT2D eigenvalue weighted by Crippen LogP contribution is 2.27. The Balaban J connectivity index is 2.02. The van der Waals surface area contributed by atoms with Crippen LogP contribution in [0.2, 0.25) is 0 Å². The zero-order chi connectivity index (χ0) is 11.4. The number of ether oxygens (including phenoxy) is 2. The number of fused-ring (bicyclic) bond motifs is 1. The third kappa shape index (κ3) is 2.24. The lowest BCUT2D eigenvalue weighted by atomic mass is 9.97. The first-order chi connectivity index (χ1) is 7.81. The largest absolute Gasteiger partial charge is 0.492 e. The van der Waals surface area contributed by atoms with Gasteiger partial charge in [-0.1, -0.05) is 30.9 Å². The Kier molecular flexibility index (Phi) is 3.25. The molecule has 1 aromatic rings. The highest BCUT2D eigenvalue weighted by atomic mass is 16.5. The van der Waals surface area contributed by atoms with Crippen molar-refractivity contribution in [2.45, 2.75) is 6.42 Å². The molecule has 0 fully saturated rings. The number of rotatable bonds is 3. The fourth-order valence-electron chi connectivity index (χ4n) is 1.74. The lowest BCUT2D eigenvalue weighted by Gasteiger charge is -2.23. The quantitative estimate of drug-likeness (QED) is 0.574. The fourth-order valence-corrected chi connectivity index (χ4v) is 1.74. The second-order valence-corrected chi connectivity index (χ2v) is 3.74. The van der Waals surface area contributed by atoms with E-state index >= 15 is 0 Å². The average molecular weight is 218 g/mol. The lowest BCUT2D eigenvalue weighted by molar-refractivity contribution is -0.148. The molecule has 0 amide bonds. The highest BCUT2D eigenvalue weighted by Gasteiger charge is 2.26. The Labute approximate surface area is 94.7 Å². The summed E-state index contributed by atoms with van der Waals surface area (Å²) in [5.41, 5.74) is 1.06. The number of para-hydroxylation sites is 1. The Morgan fingerprint density at radius 1 is 1.56 bits per heavy atom. The molecular formula is C13H14O3. The second-order valence-electron chi connectivity index (χ2n) is 3.74. The number of hydrogen-bond donors (Lipinski definition) is 0. The minimum atomic E-state index is -0.214. The molecule has 1 heterocycles. The summed E-state index contributed by atoms with van der Waals surface area (Å²) in [5.74, 6) is 0.458. The molecule has 1 aromatic carbocycles. The molecule has 0 aliphatic carbocycles. The van der Waals surface area contributed by atoms with E-state index in [1.807, 2.05) is 24.3 Å². The normalized spacial score (nSPS) is 18.1. The molecule has 0 spiro atoms. The van der Waals surface area contributed by atoms with Gasteiger partial charge in [0.15, 0.2) is 0 Å². The Morgan fingerprint density at radius 3 is 3.19 bits per heavy atom. The van der Waals surface area contributed by atoms with Crippen molar-refractivity contribution in [2.24, 2.45) is 5.92 Å². The molecule has 2 rings (SSSR count). The minimum Gasteiger partial charge on any atom is -0.492 e. The van der Waals surface area contributed by atoms with Crippen molar-refractivity contribution in [2.75, 3.05) is 13.2 Å². The highest BCUT2D eigenvalue weighted by molar-refractivity contribution is 5.73. The van der Waals surface area contributed by atoms with Crippen molar-refractivity contribution in [1.29, 1.82) is 0 Å². The van der Waals surface area contributed by atoms with Crippen molar-refractivity contribution in [3.63, 3.8) is 0 Å². The van der Waals surface area contributed by atoms with Gasteiger partial charge in [-0.15, -0.1) is 0 Å². The Hall–Kier alpha value is -1.77. The average Bonchev–Trinajstić information content (AvgIpc) is 2.35. The van der Waals surface area contributed by atoms with E-state index in [1.54, 1.807) is 6.08 Å². The van der Waals surface area contributed by atoms with Crippen LogP contribution in [0.15, 0.2) is 36.9 Å². The first-order valence-corrected chi connectivity index (χ1v) is 5.29. The third-order valence-electron chi connectivity index (χ3n) is 2.56. The molecule has 1 aliphatic heterocycles. The van der Waals surface area contributed by atoms with Crippen LogP contribution in [0.5, 0.6) is 5.75 Å². The zero-order valence-corrected chi connectivity index (χ0v) is 9.02. The van der Waals surface area contributed by atoms with Gasteiger partial charge in [0.25, 0.3) is 0 Å². The van der Waals surface area contributed by atoms with E-state index < -0.39 is 0 Å². The van der Waals surface area contributed by atoms with Crippen molar-refractivity contribution in [1.82, 2.24) is 0 Å². The van der Waals surface area contributed by atoms with Gasteiger partial charge in [-0.05, 0) is 18.1 Å². The van der Waals surface area contributed by atoms with Crippen LogP contribution in [0, 0.1) is 5.92 Å². The summed E-state index contributed by atoms with van der Waals surface area (Å²) in [5, 5.41) is 0. The minimum absolute atomic E-state index is 0.199. The zero-order valence-electron chi connectivity index (χ0n) is 9.02. The number of benzene rings is 1. The number of carbonyl (C=O) groups excluding carboxylic acids is 1. The number of carbonyl (C=O) groups is 1. The second kappa shape index (κ2) is 4.84. The number of esters is 1. The monoisotopic (exact) mass is 218 g/mol. The van der Waals surface area contributed by atoms with Crippen molar-refractivity contribution >= 4 is 5.97 Å². The van der Waals surface area contributed by atoms with E-state index in [2.05, 4.69) is 6.58 Å². The maximum atomic E-state index is 11.6. The molecule has 3 heteroatoms. The molecule has 0 saturated carbocycles. The fraction of sp³-hybridized carbons (Fsp3) is 0.308. The molecule has 1 unspecified atom stereocenters. The van der Waals surface area contributed by atoms with Gasteiger partial charge in [-0.3, -0.25) is 4.79 Å². The van der Waals surface area contributed by atoms with Crippen LogP contribution in [-0.4, -0.2) is 19.2 Å². The lowest BCUT2D eigenvalue weighted by Crippen LogP contribution is -2.29. The van der Waals surface area contributed by atoms with E-state index in [1.165, 1.54) is 0 Å². The molecule has 0 saturated heterocycles. The van der Waals surface area contributed by atoms with Crippen LogP contribution in [-0.2, 0) is 16.0 Å². The van der Waals surface area contributed by atoms with Gasteiger partial charge in [0.1, 0.15) is 19.0 Å². The Morgan fingerprint density at radius 2 is 2.38 bits per heavy atom. The van der Waals surface area contributed by atoms with Crippen LogP contribution in [0.25, 0.3) is 0 Å². The molecule has 3 nitrogen and oxygen atoms in total. The van der Waals surface area contributed by atoms with Crippen LogP contribution >= 0.6 is 0 Å². The summed E-state index contributed by atoms with van der Waals surface area (Å²) in [6.45, 7) is 4.16. The molecular weight excluding hydrogens is 204 g/mol. The van der Waals surface area contributed by atoms with Gasteiger partial charge < -0.3 is 9.47 Å². The van der Waals surface area contributed by atoms with Gasteiger partial charge >= 0.3 is 5.97 Å². The molecule has 0 radical (unpaired) electrons. The molecule has 0 N–H and O–H groups in total. The summed E-state index contributed by atoms with van der Waals surface area (Å²) in [6, 6.07) is 7.76. The van der Waals surface area contributed by atoms with Crippen molar-refractivity contribution in [3.8, 4) is 5.75 Å². The van der Waals surface area contributed by atoms with Gasteiger partial charge in [0.2, 0.25) is 0 Å². The van der Waals surface area contributed by atoms with Gasteiger partial charge in [-0.2, -0.15) is 0 Å². The summed E-state index contributed by atoms with van der Waals surface area (Å²) in [7, 11) is 0. The summed E-state index contributed by atoms with van der Waals surface area (Å²) < 4.78 is 10.5. The molecule has 16 heavy (non-hydrogen) atoms. The van der Waals surface area contributed by atoms with E-state index in [4.69, 9.17) is 9.47 Å². The van der Waals surface area contributed by atoms with E-state index in [9.17, 15) is 4.79 Å². The summed E-state index contributed by atoms with van der Waals surface area (Å²) in [4.78, 5) is 11.6. The maximum absolute atomic E-state index is 11.6. The first-order valence-electron chi connectivity index (χ1n) is 5.29. The van der Waals surface area contributed by atoms with Crippen molar-refractivity contribution < 1.29 is 14.3 Å². The van der Waals surface area contributed by atoms with Crippen molar-refractivity contribution in [3.05, 3.63) is 42.5 Å². The van der Waals surface area contributed by atoms with E-state index in [0.717, 1.165) is 11.3 Å². The SMILES string of the molecule is C=CCOC(=O)C1COc2ccccc2C1. The Bertz CT molecular complexity index is 398. The standard InChI is InChI=1S/C13H14O3/c1-2-7-15-13(14)11-8-10-5-3-4-6-12(10)16-9-11/h2-6,11H,1,7-9H2. The summed E-state index contributed by atoms with van der Waals surface area (Å²) >= 11 is 0. The van der Waals surface area contributed by atoms with Gasteiger partial charge in [0.05, 0.1) is 5.92 Å². The molecule has 1 atom stereocenters. The topological polar surface area (TPSA) is 35.5 Å². The number of hydrogen-bond acceptors (Lipinski definition) is 3. The van der Waals surface area contributed by atoms with E-state index in [0.29, 0.717) is 13.0 Å². The van der Waals surface area contributed by atoms with Gasteiger partial charge in [-0.25, -0.2) is 0 Å². The van der Waals surface area contributed by atoms with Crippen LogP contribution in [0.3, 0.4) is 0 Å². The first kappa shape index (κ1) is 10.7. The van der Waals surface area contributed by atoms with Crippen LogP contribution in [0.4, 0.5) is 0 Å². The third-order valence-corrected chi connectivity index (χ3v) is 2.56.